The van der Waals surface area contributed by atoms with Crippen LogP contribution in [0.1, 0.15) is 27.8 Å². The predicted octanol–water partition coefficient (Wildman–Crippen LogP) is 2.09. The zero-order valence-electron chi connectivity index (χ0n) is 15.5. The Kier molecular flexibility index (Phi) is 4.53. The summed E-state index contributed by atoms with van der Waals surface area (Å²) in [6, 6.07) is 9.03. The number of rotatable bonds is 3. The molecular formula is C20H22N4O3. The molecule has 1 aromatic carbocycles. The van der Waals surface area contributed by atoms with E-state index >= 15 is 0 Å². The van der Waals surface area contributed by atoms with Gasteiger partial charge in [0.05, 0.1) is 12.2 Å². The lowest BCUT2D eigenvalue weighted by Crippen LogP contribution is -2.48. The van der Waals surface area contributed by atoms with Crippen LogP contribution in [0.3, 0.4) is 0 Å². The van der Waals surface area contributed by atoms with Gasteiger partial charge in [0, 0.05) is 31.6 Å². The van der Waals surface area contributed by atoms with Gasteiger partial charge in [0.1, 0.15) is 11.5 Å². The monoisotopic (exact) mass is 366 g/mol. The standard InChI is InChI=1S/C20H22N4O3/c1-13-14(2)27-18(21-13)12-23-7-9-24(10-8-23)20(26)17-11-15-5-3-4-6-16(15)19(25)22-17/h3-6,11H,7-10,12H2,1-2H3,(H,22,25). The zero-order chi connectivity index (χ0) is 19.0. The molecule has 2 aromatic heterocycles. The highest BCUT2D eigenvalue weighted by atomic mass is 16.4. The van der Waals surface area contributed by atoms with Crippen molar-refractivity contribution in [1.29, 1.82) is 0 Å². The van der Waals surface area contributed by atoms with Gasteiger partial charge >= 0.3 is 0 Å². The molecule has 1 aliphatic rings. The highest BCUT2D eigenvalue weighted by Crippen LogP contribution is 2.15. The number of piperazine rings is 1. The second-order valence-corrected chi connectivity index (χ2v) is 6.92. The van der Waals surface area contributed by atoms with Crippen LogP contribution in [-0.4, -0.2) is 51.9 Å². The number of amides is 1. The maximum Gasteiger partial charge on any atom is 0.270 e. The minimum atomic E-state index is -0.232. The molecule has 0 bridgehead atoms. The van der Waals surface area contributed by atoms with Crippen molar-refractivity contribution in [2.75, 3.05) is 26.2 Å². The number of aryl methyl sites for hydroxylation is 2. The molecule has 4 rings (SSSR count). The molecule has 1 amide bonds. The SMILES string of the molecule is Cc1nc(CN2CCN(C(=O)c3cc4ccccc4c(=O)[nH]3)CC2)oc1C. The fourth-order valence-electron chi connectivity index (χ4n) is 3.40. The first-order valence-electron chi connectivity index (χ1n) is 9.08. The van der Waals surface area contributed by atoms with E-state index in [2.05, 4.69) is 14.9 Å². The third-order valence-electron chi connectivity index (χ3n) is 5.08. The van der Waals surface area contributed by atoms with Gasteiger partial charge in [-0.25, -0.2) is 4.98 Å². The third kappa shape index (κ3) is 3.50. The number of aromatic amines is 1. The van der Waals surface area contributed by atoms with Crippen LogP contribution in [0.2, 0.25) is 0 Å². The van der Waals surface area contributed by atoms with Crippen molar-refractivity contribution in [1.82, 2.24) is 19.8 Å². The van der Waals surface area contributed by atoms with E-state index in [1.54, 1.807) is 17.0 Å². The fourth-order valence-corrected chi connectivity index (χ4v) is 3.40. The summed E-state index contributed by atoms with van der Waals surface area (Å²) in [6.07, 6.45) is 0. The molecule has 0 radical (unpaired) electrons. The Morgan fingerprint density at radius 3 is 2.63 bits per heavy atom. The van der Waals surface area contributed by atoms with Crippen LogP contribution in [0.4, 0.5) is 0 Å². The van der Waals surface area contributed by atoms with E-state index in [9.17, 15) is 9.59 Å². The second kappa shape index (κ2) is 7.00. The van der Waals surface area contributed by atoms with Crippen LogP contribution in [-0.2, 0) is 6.54 Å². The third-order valence-corrected chi connectivity index (χ3v) is 5.08. The quantitative estimate of drug-likeness (QED) is 0.767. The van der Waals surface area contributed by atoms with Gasteiger partial charge in [-0.3, -0.25) is 14.5 Å². The van der Waals surface area contributed by atoms with E-state index in [0.717, 1.165) is 29.9 Å². The number of hydrogen-bond acceptors (Lipinski definition) is 5. The van der Waals surface area contributed by atoms with E-state index in [-0.39, 0.29) is 11.5 Å². The summed E-state index contributed by atoms with van der Waals surface area (Å²) in [5, 5.41) is 1.37. The number of H-pyrrole nitrogens is 1. The van der Waals surface area contributed by atoms with Gasteiger partial charge in [-0.1, -0.05) is 18.2 Å². The van der Waals surface area contributed by atoms with Gasteiger partial charge in [0.2, 0.25) is 5.89 Å². The lowest BCUT2D eigenvalue weighted by atomic mass is 10.1. The molecule has 7 heteroatoms. The fraction of sp³-hybridized carbons (Fsp3) is 0.350. The van der Waals surface area contributed by atoms with Gasteiger partial charge in [-0.15, -0.1) is 0 Å². The molecule has 1 N–H and O–H groups in total. The van der Waals surface area contributed by atoms with Crippen LogP contribution in [0.25, 0.3) is 10.8 Å². The molecule has 3 aromatic rings. The van der Waals surface area contributed by atoms with Crippen molar-refractivity contribution in [2.24, 2.45) is 0 Å². The van der Waals surface area contributed by atoms with Crippen LogP contribution in [0.15, 0.2) is 39.5 Å². The molecule has 0 atom stereocenters. The Hall–Kier alpha value is -2.93. The smallest absolute Gasteiger partial charge is 0.270 e. The van der Waals surface area contributed by atoms with Crippen molar-refractivity contribution in [3.05, 3.63) is 63.7 Å². The number of fused-ring (bicyclic) bond motifs is 1. The molecule has 0 spiro atoms. The number of oxazole rings is 1. The van der Waals surface area contributed by atoms with E-state index in [1.165, 1.54) is 0 Å². The molecule has 1 saturated heterocycles. The average Bonchev–Trinajstić information content (AvgIpc) is 2.99. The van der Waals surface area contributed by atoms with E-state index in [4.69, 9.17) is 4.42 Å². The average molecular weight is 366 g/mol. The van der Waals surface area contributed by atoms with Crippen LogP contribution in [0, 0.1) is 13.8 Å². The second-order valence-electron chi connectivity index (χ2n) is 6.92. The first-order valence-corrected chi connectivity index (χ1v) is 9.08. The molecular weight excluding hydrogens is 344 g/mol. The van der Waals surface area contributed by atoms with Gasteiger partial charge in [0.25, 0.3) is 11.5 Å². The van der Waals surface area contributed by atoms with Crippen molar-refractivity contribution in [3.63, 3.8) is 0 Å². The Morgan fingerprint density at radius 2 is 1.93 bits per heavy atom. The van der Waals surface area contributed by atoms with Gasteiger partial charge in [0.15, 0.2) is 0 Å². The number of aromatic nitrogens is 2. The largest absolute Gasteiger partial charge is 0.444 e. The van der Waals surface area contributed by atoms with Crippen molar-refractivity contribution < 1.29 is 9.21 Å². The summed E-state index contributed by atoms with van der Waals surface area (Å²) in [5.41, 5.74) is 1.02. The Bertz CT molecular complexity index is 1030. The lowest BCUT2D eigenvalue weighted by molar-refractivity contribution is 0.0612. The van der Waals surface area contributed by atoms with Crippen LogP contribution < -0.4 is 5.56 Å². The Balaban J connectivity index is 1.43. The zero-order valence-corrected chi connectivity index (χ0v) is 15.5. The normalized spacial score (nSPS) is 15.4. The van der Waals surface area contributed by atoms with Gasteiger partial charge < -0.3 is 14.3 Å². The number of pyridine rings is 1. The minimum absolute atomic E-state index is 0.139. The lowest BCUT2D eigenvalue weighted by Gasteiger charge is -2.34. The van der Waals surface area contributed by atoms with E-state index in [0.29, 0.717) is 36.6 Å². The Morgan fingerprint density at radius 1 is 1.19 bits per heavy atom. The summed E-state index contributed by atoms with van der Waals surface area (Å²) in [4.78, 5) is 36.2. The molecule has 27 heavy (non-hydrogen) atoms. The van der Waals surface area contributed by atoms with Crippen molar-refractivity contribution >= 4 is 16.7 Å². The van der Waals surface area contributed by atoms with Gasteiger partial charge in [-0.05, 0) is 31.4 Å². The molecule has 1 fully saturated rings. The van der Waals surface area contributed by atoms with E-state index < -0.39 is 0 Å². The maximum atomic E-state index is 12.8. The summed E-state index contributed by atoms with van der Waals surface area (Å²) in [5.74, 6) is 1.42. The molecule has 3 heterocycles. The summed E-state index contributed by atoms with van der Waals surface area (Å²) in [7, 11) is 0. The highest BCUT2D eigenvalue weighted by molar-refractivity contribution is 5.96. The van der Waals surface area contributed by atoms with Crippen molar-refractivity contribution in [2.45, 2.75) is 20.4 Å². The molecule has 1 aliphatic heterocycles. The van der Waals surface area contributed by atoms with E-state index in [1.807, 2.05) is 32.0 Å². The topological polar surface area (TPSA) is 82.4 Å². The summed E-state index contributed by atoms with van der Waals surface area (Å²) < 4.78 is 5.64. The minimum Gasteiger partial charge on any atom is -0.444 e. The number of carbonyl (C=O) groups is 1. The molecule has 0 saturated carbocycles. The molecule has 0 aliphatic carbocycles. The number of benzene rings is 1. The summed E-state index contributed by atoms with van der Waals surface area (Å²) in [6.45, 7) is 7.17. The van der Waals surface area contributed by atoms with Crippen LogP contribution in [0.5, 0.6) is 0 Å². The highest BCUT2D eigenvalue weighted by Gasteiger charge is 2.24. The Labute approximate surface area is 156 Å². The number of nitrogens with zero attached hydrogens (tertiary/aromatic N) is 3. The first kappa shape index (κ1) is 17.5. The van der Waals surface area contributed by atoms with Crippen LogP contribution >= 0.6 is 0 Å². The first-order chi connectivity index (χ1) is 13.0. The summed E-state index contributed by atoms with van der Waals surface area (Å²) >= 11 is 0. The van der Waals surface area contributed by atoms with Crippen molar-refractivity contribution in [3.8, 4) is 0 Å². The number of carbonyl (C=O) groups excluding carboxylic acids is 1. The molecule has 140 valence electrons. The molecule has 7 nitrogen and oxygen atoms in total. The number of nitrogens with one attached hydrogen (secondary N) is 1. The predicted molar refractivity (Wildman–Crippen MR) is 102 cm³/mol. The maximum absolute atomic E-state index is 12.8. The molecule has 0 unspecified atom stereocenters. The number of hydrogen-bond donors (Lipinski definition) is 1. The van der Waals surface area contributed by atoms with Gasteiger partial charge in [-0.2, -0.15) is 0 Å².